The lowest BCUT2D eigenvalue weighted by molar-refractivity contribution is -0.941. The molecule has 51 heavy (non-hydrogen) atoms. The van der Waals surface area contributed by atoms with E-state index in [1.54, 1.807) is 24.3 Å². The van der Waals surface area contributed by atoms with Crippen LogP contribution in [0.25, 0.3) is 6.08 Å². The number of carbonyl (C=O) groups is 4. The number of carbonyl (C=O) groups excluding carboxylic acids is 2. The van der Waals surface area contributed by atoms with Gasteiger partial charge in [-0.05, 0) is 37.1 Å². The second-order valence-corrected chi connectivity index (χ2v) is 15.2. The predicted molar refractivity (Wildman–Crippen MR) is 188 cm³/mol. The van der Waals surface area contributed by atoms with Crippen molar-refractivity contribution in [3.05, 3.63) is 87.1 Å². The van der Waals surface area contributed by atoms with E-state index in [4.69, 9.17) is 10.6 Å². The third kappa shape index (κ3) is 7.13. The van der Waals surface area contributed by atoms with Crippen LogP contribution in [0.5, 0.6) is 11.5 Å². The molecule has 0 spiro atoms. The summed E-state index contributed by atoms with van der Waals surface area (Å²) in [6.45, 7) is 4.64. The standard InChI is InChI=1S/C34H34N6O9S2/c1-34(2,32(47)48)49-38-25(22-16-51-33(35)36-22)28(43)37-26-29(44)39-27(31(45)46)19(15-50-30(26)39)9-8-17-4-6-18(7-5-17)12-40(3)13-20-10-23(41)24(42)11-21(20)14-40/h4-11,16,26,30H,12-15H2,1-3H3,(H6-,35,36,37,38,41,42,43,45,46,47,48)/p+1/b9-8+/t26-,30-/m1/s1. The molecular formula is C34H35N6O9S2+. The number of hydrogen-bond acceptors (Lipinski definition) is 12. The number of nitrogens with one attached hydrogen (secondary N) is 1. The van der Waals surface area contributed by atoms with Gasteiger partial charge in [0.25, 0.3) is 11.8 Å². The number of thioether (sulfide) groups is 1. The van der Waals surface area contributed by atoms with Crippen molar-refractivity contribution in [2.45, 2.75) is 50.5 Å². The van der Waals surface area contributed by atoms with Gasteiger partial charge in [0, 0.05) is 27.8 Å². The van der Waals surface area contributed by atoms with Crippen molar-refractivity contribution in [2.24, 2.45) is 5.16 Å². The fraction of sp³-hybridized carbons (Fsp3) is 0.294. The molecule has 7 N–H and O–H groups in total. The number of hydrogen-bond donors (Lipinski definition) is 6. The Morgan fingerprint density at radius 3 is 2.33 bits per heavy atom. The topological polar surface area (TPSA) is 225 Å². The Morgan fingerprint density at radius 2 is 1.76 bits per heavy atom. The van der Waals surface area contributed by atoms with Crippen molar-refractivity contribution in [1.82, 2.24) is 15.2 Å². The number of fused-ring (bicyclic) bond motifs is 2. The minimum atomic E-state index is -1.78. The monoisotopic (exact) mass is 735 g/mol. The molecule has 17 heteroatoms. The molecule has 1 aromatic heterocycles. The number of carboxylic acids is 2. The number of aromatic hydroxyl groups is 2. The fourth-order valence-electron chi connectivity index (χ4n) is 6.10. The lowest BCUT2D eigenvalue weighted by Gasteiger charge is -2.49. The van der Waals surface area contributed by atoms with E-state index in [1.807, 2.05) is 24.3 Å². The van der Waals surface area contributed by atoms with Crippen molar-refractivity contribution in [1.29, 1.82) is 0 Å². The number of phenols is 2. The van der Waals surface area contributed by atoms with Crippen molar-refractivity contribution >= 4 is 63.8 Å². The molecule has 1 fully saturated rings. The molecule has 0 saturated carbocycles. The molecule has 266 valence electrons. The molecule has 3 aliphatic heterocycles. The van der Waals surface area contributed by atoms with E-state index in [0.717, 1.165) is 45.0 Å². The van der Waals surface area contributed by atoms with E-state index >= 15 is 0 Å². The van der Waals surface area contributed by atoms with Gasteiger partial charge in [-0.25, -0.2) is 14.6 Å². The summed E-state index contributed by atoms with van der Waals surface area (Å²) < 4.78 is 0.677. The third-order valence-electron chi connectivity index (χ3n) is 8.77. The molecule has 3 aliphatic rings. The average molecular weight is 736 g/mol. The Bertz CT molecular complexity index is 2010. The number of phenolic OH excluding ortho intramolecular Hbond substituents is 2. The Morgan fingerprint density at radius 1 is 1.12 bits per heavy atom. The molecule has 0 unspecified atom stereocenters. The van der Waals surface area contributed by atoms with Crippen molar-refractivity contribution in [2.75, 3.05) is 18.5 Å². The molecule has 2 atom stereocenters. The van der Waals surface area contributed by atoms with Crippen LogP contribution in [0.3, 0.4) is 0 Å². The first kappa shape index (κ1) is 35.4. The Balaban J connectivity index is 1.13. The van der Waals surface area contributed by atoms with Gasteiger partial charge in [0.2, 0.25) is 5.60 Å². The van der Waals surface area contributed by atoms with Gasteiger partial charge < -0.3 is 40.8 Å². The highest BCUT2D eigenvalue weighted by molar-refractivity contribution is 8.00. The summed E-state index contributed by atoms with van der Waals surface area (Å²) in [5.74, 6) is -4.13. The maximum absolute atomic E-state index is 13.3. The highest BCUT2D eigenvalue weighted by Gasteiger charge is 2.54. The molecule has 15 nitrogen and oxygen atoms in total. The second-order valence-electron chi connectivity index (χ2n) is 13.2. The van der Waals surface area contributed by atoms with Crippen LogP contribution in [0.1, 0.15) is 41.8 Å². The summed E-state index contributed by atoms with van der Waals surface area (Å²) in [5, 5.41) is 46.4. The number of quaternary nitrogens is 1. The largest absolute Gasteiger partial charge is 0.504 e. The number of anilines is 1. The van der Waals surface area contributed by atoms with Crippen LogP contribution < -0.4 is 11.1 Å². The molecule has 0 bridgehead atoms. The van der Waals surface area contributed by atoms with Crippen LogP contribution >= 0.6 is 23.1 Å². The first-order valence-corrected chi connectivity index (χ1v) is 17.6. The molecule has 6 rings (SSSR count). The first-order chi connectivity index (χ1) is 24.0. The normalized spacial score (nSPS) is 19.8. The van der Waals surface area contributed by atoms with Gasteiger partial charge in [-0.1, -0.05) is 41.6 Å². The number of allylic oxidation sites excluding steroid dienone is 1. The number of aromatic nitrogens is 1. The second kappa shape index (κ2) is 13.4. The summed E-state index contributed by atoms with van der Waals surface area (Å²) in [4.78, 5) is 60.9. The molecule has 4 heterocycles. The molecule has 2 aromatic carbocycles. The number of nitrogens with two attached hydrogens (primary N) is 1. The summed E-state index contributed by atoms with van der Waals surface area (Å²) in [7, 11) is 2.12. The van der Waals surface area contributed by atoms with Crippen LogP contribution in [0, 0.1) is 0 Å². The quantitative estimate of drug-likeness (QED) is 0.0550. The van der Waals surface area contributed by atoms with Crippen LogP contribution in [0.4, 0.5) is 5.13 Å². The molecule has 2 amide bonds. The minimum Gasteiger partial charge on any atom is -0.504 e. The van der Waals surface area contributed by atoms with E-state index in [2.05, 4.69) is 22.5 Å². The summed E-state index contributed by atoms with van der Waals surface area (Å²) in [6.07, 6.45) is 3.45. The van der Waals surface area contributed by atoms with Gasteiger partial charge in [-0.2, -0.15) is 0 Å². The van der Waals surface area contributed by atoms with Crippen LogP contribution in [-0.2, 0) is 43.7 Å². The molecule has 3 aromatic rings. The number of oxime groups is 1. The van der Waals surface area contributed by atoms with Crippen LogP contribution in [0.15, 0.2) is 64.3 Å². The first-order valence-electron chi connectivity index (χ1n) is 15.6. The number of benzene rings is 2. The number of rotatable bonds is 11. The number of thiazole rings is 1. The SMILES string of the molecule is CC(C)(O/N=C(\C(=O)N[C@@H]1C(=O)N2C(C(=O)O)=C(/C=C/c3ccc(C[N+]4(C)Cc5cc(O)c(O)cc5C4)cc3)CS[C@H]12)c1csc(N)n1)C(=O)O. The highest BCUT2D eigenvalue weighted by Crippen LogP contribution is 2.41. The van der Waals surface area contributed by atoms with Crippen LogP contribution in [-0.4, -0.2) is 94.1 Å². The van der Waals surface area contributed by atoms with Gasteiger partial charge in [0.1, 0.15) is 42.4 Å². The highest BCUT2D eigenvalue weighted by atomic mass is 32.2. The maximum atomic E-state index is 13.3. The minimum absolute atomic E-state index is 0.0161. The van der Waals surface area contributed by atoms with Gasteiger partial charge in [0.15, 0.2) is 22.3 Å². The van der Waals surface area contributed by atoms with E-state index in [-0.39, 0.29) is 33.8 Å². The van der Waals surface area contributed by atoms with Crippen molar-refractivity contribution in [3.63, 3.8) is 0 Å². The van der Waals surface area contributed by atoms with Crippen molar-refractivity contribution in [3.8, 4) is 11.5 Å². The smallest absolute Gasteiger partial charge is 0.352 e. The Kier molecular flexibility index (Phi) is 9.30. The molecule has 1 saturated heterocycles. The molecule has 0 radical (unpaired) electrons. The summed E-state index contributed by atoms with van der Waals surface area (Å²) >= 11 is 2.30. The number of carboxylic acid groups (broad SMARTS) is 2. The van der Waals surface area contributed by atoms with E-state index < -0.39 is 46.5 Å². The lowest BCUT2D eigenvalue weighted by Crippen LogP contribution is -2.71. The zero-order valence-corrected chi connectivity index (χ0v) is 29.3. The fourth-order valence-corrected chi connectivity index (χ4v) is 7.97. The number of β-lactam (4-membered cyclic amide) rings is 1. The van der Waals surface area contributed by atoms with Crippen molar-refractivity contribution < 1.29 is 48.9 Å². The summed E-state index contributed by atoms with van der Waals surface area (Å²) in [5.41, 5.74) is 7.72. The Hall–Kier alpha value is -5.39. The van der Waals surface area contributed by atoms with E-state index in [9.17, 15) is 39.6 Å². The number of nitrogens with zero attached hydrogens (tertiary/aromatic N) is 4. The van der Waals surface area contributed by atoms with Gasteiger partial charge >= 0.3 is 11.9 Å². The van der Waals surface area contributed by atoms with Gasteiger partial charge in [-0.15, -0.1) is 23.1 Å². The number of nitrogen functional groups attached to an aromatic ring is 1. The predicted octanol–water partition coefficient (Wildman–Crippen LogP) is 2.83. The van der Waals surface area contributed by atoms with E-state index in [1.165, 1.54) is 31.0 Å². The number of aliphatic carboxylic acids is 2. The lowest BCUT2D eigenvalue weighted by atomic mass is 10.0. The molecule has 0 aliphatic carbocycles. The zero-order chi connectivity index (χ0) is 36.8. The third-order valence-corrected chi connectivity index (χ3v) is 10.7. The Labute approximate surface area is 299 Å². The van der Waals surface area contributed by atoms with E-state index in [0.29, 0.717) is 23.1 Å². The average Bonchev–Trinajstić information content (AvgIpc) is 3.64. The molecular weight excluding hydrogens is 701 g/mol. The zero-order valence-electron chi connectivity index (χ0n) is 27.7. The van der Waals surface area contributed by atoms with Gasteiger partial charge in [0.05, 0.1) is 7.05 Å². The number of amides is 2. The van der Waals surface area contributed by atoms with Crippen LogP contribution in [0.2, 0.25) is 0 Å². The maximum Gasteiger partial charge on any atom is 0.352 e. The summed E-state index contributed by atoms with van der Waals surface area (Å²) in [6, 6.07) is 9.99. The van der Waals surface area contributed by atoms with Gasteiger partial charge in [-0.3, -0.25) is 14.5 Å².